The first kappa shape index (κ1) is 12.1. The highest BCUT2D eigenvalue weighted by molar-refractivity contribution is 7.99. The van der Waals surface area contributed by atoms with Crippen LogP contribution in [0, 0.1) is 0 Å². The number of rotatable bonds is 4. The van der Waals surface area contributed by atoms with E-state index in [0.717, 1.165) is 5.56 Å². The van der Waals surface area contributed by atoms with Crippen molar-refractivity contribution in [1.82, 2.24) is 0 Å². The monoisotopic (exact) mass is 226 g/mol. The minimum Gasteiger partial charge on any atom is -0.468 e. The van der Waals surface area contributed by atoms with Crippen LogP contribution in [0.3, 0.4) is 0 Å². The zero-order chi connectivity index (χ0) is 11.3. The molecular weight excluding hydrogens is 212 g/mol. The van der Waals surface area contributed by atoms with Gasteiger partial charge in [-0.15, -0.1) is 11.8 Å². The number of ether oxygens (including phenoxy) is 1. The number of aliphatic hydroxyl groups is 1. The summed E-state index contributed by atoms with van der Waals surface area (Å²) in [5.74, 6) is -0.404. The second-order valence-electron chi connectivity index (χ2n) is 3.03. The number of methoxy groups -OCH3 is 1. The van der Waals surface area contributed by atoms with Crippen LogP contribution in [0.15, 0.2) is 30.3 Å². The summed E-state index contributed by atoms with van der Waals surface area (Å²) < 4.78 is 4.63. The number of esters is 1. The van der Waals surface area contributed by atoms with Crippen LogP contribution in [-0.2, 0) is 9.53 Å². The zero-order valence-electron chi connectivity index (χ0n) is 8.71. The molecule has 15 heavy (non-hydrogen) atoms. The summed E-state index contributed by atoms with van der Waals surface area (Å²) in [6, 6.07) is 9.09. The van der Waals surface area contributed by atoms with Crippen molar-refractivity contribution < 1.29 is 14.6 Å². The van der Waals surface area contributed by atoms with Crippen molar-refractivity contribution in [3.05, 3.63) is 35.9 Å². The highest BCUT2D eigenvalue weighted by Gasteiger charge is 2.27. The summed E-state index contributed by atoms with van der Waals surface area (Å²) in [4.78, 5) is 11.4. The molecule has 0 amide bonds. The molecule has 82 valence electrons. The molecule has 0 saturated heterocycles. The molecule has 0 saturated carbocycles. The molecule has 0 heterocycles. The van der Waals surface area contributed by atoms with E-state index in [-0.39, 0.29) is 0 Å². The third-order valence-corrected chi connectivity index (χ3v) is 3.07. The lowest BCUT2D eigenvalue weighted by Crippen LogP contribution is -2.26. The summed E-state index contributed by atoms with van der Waals surface area (Å²) in [5.41, 5.74) is 0.724. The minimum atomic E-state index is -0.825. The molecule has 0 aromatic heterocycles. The Labute approximate surface area is 93.4 Å². The molecule has 0 fully saturated rings. The highest BCUT2D eigenvalue weighted by atomic mass is 32.2. The second-order valence-corrected chi connectivity index (χ2v) is 4.01. The molecule has 2 atom stereocenters. The van der Waals surface area contributed by atoms with Crippen LogP contribution in [0.2, 0.25) is 0 Å². The van der Waals surface area contributed by atoms with Crippen molar-refractivity contribution in [1.29, 1.82) is 0 Å². The number of carbonyl (C=O) groups excluding carboxylic acids is 1. The van der Waals surface area contributed by atoms with Crippen molar-refractivity contribution in [3.8, 4) is 0 Å². The lowest BCUT2D eigenvalue weighted by atomic mass is 10.1. The molecule has 0 radical (unpaired) electrons. The fourth-order valence-corrected chi connectivity index (χ4v) is 2.00. The predicted octanol–water partition coefficient (Wildman–Crippen LogP) is 1.62. The number of hydrogen-bond donors (Lipinski definition) is 1. The van der Waals surface area contributed by atoms with Crippen LogP contribution in [0.1, 0.15) is 11.7 Å². The largest absolute Gasteiger partial charge is 0.468 e. The van der Waals surface area contributed by atoms with Crippen LogP contribution in [0.5, 0.6) is 0 Å². The molecule has 1 aromatic carbocycles. The van der Waals surface area contributed by atoms with Gasteiger partial charge in [0.1, 0.15) is 11.4 Å². The molecule has 4 heteroatoms. The van der Waals surface area contributed by atoms with E-state index in [9.17, 15) is 9.90 Å². The van der Waals surface area contributed by atoms with Crippen molar-refractivity contribution >= 4 is 17.7 Å². The van der Waals surface area contributed by atoms with Crippen molar-refractivity contribution in [3.63, 3.8) is 0 Å². The van der Waals surface area contributed by atoms with E-state index >= 15 is 0 Å². The Bertz CT molecular complexity index is 313. The smallest absolute Gasteiger partial charge is 0.321 e. The summed E-state index contributed by atoms with van der Waals surface area (Å²) in [5, 5.41) is 9.39. The van der Waals surface area contributed by atoms with Gasteiger partial charge in [0.25, 0.3) is 0 Å². The molecule has 0 spiro atoms. The van der Waals surface area contributed by atoms with Crippen molar-refractivity contribution in [2.24, 2.45) is 0 Å². The SMILES string of the molecule is COC(=O)[C@@H](SC)[C@H](O)c1ccccc1. The first-order valence-corrected chi connectivity index (χ1v) is 5.83. The maximum atomic E-state index is 11.4. The summed E-state index contributed by atoms with van der Waals surface area (Å²) in [6.07, 6.45) is 0.946. The van der Waals surface area contributed by atoms with E-state index in [2.05, 4.69) is 4.74 Å². The van der Waals surface area contributed by atoms with Gasteiger partial charge in [0.05, 0.1) is 7.11 Å². The highest BCUT2D eigenvalue weighted by Crippen LogP contribution is 2.25. The van der Waals surface area contributed by atoms with Gasteiger partial charge in [-0.2, -0.15) is 0 Å². The summed E-state index contributed by atoms with van der Waals surface area (Å²) >= 11 is 1.28. The van der Waals surface area contributed by atoms with Gasteiger partial charge in [-0.3, -0.25) is 4.79 Å². The molecule has 0 unspecified atom stereocenters. The third kappa shape index (κ3) is 2.97. The van der Waals surface area contributed by atoms with Gasteiger partial charge < -0.3 is 9.84 Å². The van der Waals surface area contributed by atoms with Gasteiger partial charge in [0, 0.05) is 0 Å². The van der Waals surface area contributed by atoms with E-state index in [0.29, 0.717) is 0 Å². The molecule has 1 N–H and O–H groups in total. The number of carbonyl (C=O) groups is 1. The Morgan fingerprint density at radius 2 is 2.00 bits per heavy atom. The van der Waals surface area contributed by atoms with Crippen LogP contribution in [-0.4, -0.2) is 29.7 Å². The Morgan fingerprint density at radius 3 is 2.47 bits per heavy atom. The standard InChI is InChI=1S/C11H14O3S/c1-14-11(13)10(15-2)9(12)8-6-4-3-5-7-8/h3-7,9-10,12H,1-2H3/t9-,10+/m1/s1. The van der Waals surface area contributed by atoms with Crippen molar-refractivity contribution in [2.45, 2.75) is 11.4 Å². The molecule has 1 aromatic rings. The van der Waals surface area contributed by atoms with Crippen LogP contribution in [0.25, 0.3) is 0 Å². The Hall–Kier alpha value is -1.00. The normalized spacial score (nSPS) is 14.3. The predicted molar refractivity (Wildman–Crippen MR) is 60.7 cm³/mol. The Morgan fingerprint density at radius 1 is 1.40 bits per heavy atom. The van der Waals surface area contributed by atoms with Crippen molar-refractivity contribution in [2.75, 3.05) is 13.4 Å². The minimum absolute atomic E-state index is 0.404. The fourth-order valence-electron chi connectivity index (χ4n) is 1.30. The van der Waals surface area contributed by atoms with Gasteiger partial charge in [-0.25, -0.2) is 0 Å². The first-order chi connectivity index (χ1) is 7.20. The van der Waals surface area contributed by atoms with E-state index in [4.69, 9.17) is 0 Å². The van der Waals surface area contributed by atoms with Crippen LogP contribution in [0.4, 0.5) is 0 Å². The molecule has 3 nitrogen and oxygen atoms in total. The maximum absolute atomic E-state index is 11.4. The maximum Gasteiger partial charge on any atom is 0.321 e. The number of aliphatic hydroxyl groups excluding tert-OH is 1. The number of hydrogen-bond acceptors (Lipinski definition) is 4. The number of benzene rings is 1. The van der Waals surface area contributed by atoms with E-state index in [1.807, 2.05) is 18.2 Å². The average Bonchev–Trinajstić information content (AvgIpc) is 2.30. The van der Waals surface area contributed by atoms with Gasteiger partial charge in [-0.05, 0) is 11.8 Å². The van der Waals surface area contributed by atoms with Gasteiger partial charge in [0.15, 0.2) is 0 Å². The quantitative estimate of drug-likeness (QED) is 0.793. The molecule has 0 aliphatic carbocycles. The topological polar surface area (TPSA) is 46.5 Å². The van der Waals surface area contributed by atoms with Gasteiger partial charge in [-0.1, -0.05) is 30.3 Å². The van der Waals surface area contributed by atoms with Gasteiger partial charge in [0.2, 0.25) is 0 Å². The fraction of sp³-hybridized carbons (Fsp3) is 0.364. The average molecular weight is 226 g/mol. The summed E-state index contributed by atoms with van der Waals surface area (Å²) in [6.45, 7) is 0. The molecule has 0 bridgehead atoms. The summed E-state index contributed by atoms with van der Waals surface area (Å²) in [7, 11) is 1.32. The van der Waals surface area contributed by atoms with E-state index < -0.39 is 17.3 Å². The third-order valence-electron chi connectivity index (χ3n) is 2.12. The zero-order valence-corrected chi connectivity index (χ0v) is 9.53. The molecule has 0 aliphatic rings. The lowest BCUT2D eigenvalue weighted by molar-refractivity contribution is -0.142. The Kier molecular flexibility index (Phi) is 4.65. The van der Waals surface area contributed by atoms with E-state index in [1.165, 1.54) is 18.9 Å². The number of thioether (sulfide) groups is 1. The molecule has 0 aliphatic heterocycles. The van der Waals surface area contributed by atoms with E-state index in [1.54, 1.807) is 18.4 Å². The van der Waals surface area contributed by atoms with Gasteiger partial charge >= 0.3 is 5.97 Å². The molecule has 1 rings (SSSR count). The Balaban J connectivity index is 2.82. The van der Waals surface area contributed by atoms with Crippen LogP contribution >= 0.6 is 11.8 Å². The second kappa shape index (κ2) is 5.78. The first-order valence-electron chi connectivity index (χ1n) is 4.54. The van der Waals surface area contributed by atoms with Crippen LogP contribution < -0.4 is 0 Å². The lowest BCUT2D eigenvalue weighted by Gasteiger charge is -2.18. The molecular formula is C11H14O3S.